The Bertz CT molecular complexity index is 1100. The summed E-state index contributed by atoms with van der Waals surface area (Å²) in [6.07, 6.45) is 3.16. The topological polar surface area (TPSA) is 122 Å². The highest BCUT2D eigenvalue weighted by molar-refractivity contribution is 5.86. The minimum atomic E-state index is -0.504. The van der Waals surface area contributed by atoms with Crippen molar-refractivity contribution in [3.8, 4) is 5.75 Å². The van der Waals surface area contributed by atoms with Gasteiger partial charge in [0, 0.05) is 18.7 Å². The molecular weight excluding hydrogens is 440 g/mol. The molecule has 34 heavy (non-hydrogen) atoms. The third kappa shape index (κ3) is 5.16. The lowest BCUT2D eigenvalue weighted by molar-refractivity contribution is -0.00635. The average molecular weight is 471 g/mol. The van der Waals surface area contributed by atoms with Crippen molar-refractivity contribution in [2.24, 2.45) is 0 Å². The van der Waals surface area contributed by atoms with E-state index in [1.165, 1.54) is 7.11 Å². The van der Waals surface area contributed by atoms with Crippen molar-refractivity contribution in [3.05, 3.63) is 41.7 Å². The molecule has 1 fully saturated rings. The molecule has 182 valence electrons. The number of hydrogen-bond acceptors (Lipinski definition) is 10. The number of benzene rings is 1. The number of nitrogens with zero attached hydrogens (tertiary/aromatic N) is 8. The van der Waals surface area contributed by atoms with Crippen molar-refractivity contribution in [2.45, 2.75) is 51.5 Å². The van der Waals surface area contributed by atoms with Gasteiger partial charge in [-0.2, -0.15) is 0 Å². The van der Waals surface area contributed by atoms with Crippen LogP contribution in [0, 0.1) is 0 Å². The van der Waals surface area contributed by atoms with E-state index in [1.54, 1.807) is 22.7 Å². The second kappa shape index (κ2) is 10.6. The lowest BCUT2D eigenvalue weighted by Gasteiger charge is -2.33. The van der Waals surface area contributed by atoms with Gasteiger partial charge in [0.1, 0.15) is 11.9 Å². The van der Waals surface area contributed by atoms with Gasteiger partial charge < -0.3 is 19.1 Å². The number of anilines is 1. The Morgan fingerprint density at radius 2 is 2.00 bits per heavy atom. The Balaban J connectivity index is 1.54. The molecule has 1 aliphatic rings. The van der Waals surface area contributed by atoms with E-state index >= 15 is 0 Å². The van der Waals surface area contributed by atoms with E-state index in [1.807, 2.05) is 38.1 Å². The monoisotopic (exact) mass is 470 g/mol. The molecule has 1 aromatic carbocycles. The largest absolute Gasteiger partial charge is 0.496 e. The van der Waals surface area contributed by atoms with E-state index in [0.29, 0.717) is 19.0 Å². The molecular formula is C22H30N8O4. The summed E-state index contributed by atoms with van der Waals surface area (Å²) in [5.74, 6) is 0.911. The molecule has 0 spiro atoms. The second-order valence-corrected chi connectivity index (χ2v) is 8.39. The molecule has 1 saturated heterocycles. The molecule has 0 aliphatic carbocycles. The fraction of sp³-hybridized carbons (Fsp3) is 0.545. The summed E-state index contributed by atoms with van der Waals surface area (Å²) in [5.41, 5.74) is 1.13. The zero-order chi connectivity index (χ0) is 24.1. The van der Waals surface area contributed by atoms with Gasteiger partial charge in [0.25, 0.3) is 0 Å². The highest BCUT2D eigenvalue weighted by atomic mass is 16.5. The van der Waals surface area contributed by atoms with Gasteiger partial charge in [-0.3, -0.25) is 0 Å². The standard InChI is InChI=1S/C22H30N8O4/c1-15(2)34-20(17-9-5-6-10-19(17)32-3)14-30-22(24-25-27-30)28-11-7-8-16(12-28)29-13-18(23-26-29)21(31)33-4/h5-6,9-10,13,15-16,20H,7-8,11-12,14H2,1-4H3. The second-order valence-electron chi connectivity index (χ2n) is 8.39. The van der Waals surface area contributed by atoms with Crippen molar-refractivity contribution >= 4 is 11.9 Å². The van der Waals surface area contributed by atoms with Crippen LogP contribution in [0.4, 0.5) is 5.95 Å². The SMILES string of the molecule is COC(=O)c1cn(C2CCCN(c3nnnn3CC(OC(C)C)c3ccccc3OC)C2)nn1. The zero-order valence-corrected chi connectivity index (χ0v) is 19.9. The molecule has 2 unspecified atom stereocenters. The summed E-state index contributed by atoms with van der Waals surface area (Å²) in [6, 6.07) is 7.84. The number of carbonyl (C=O) groups is 1. The first-order chi connectivity index (χ1) is 16.5. The van der Waals surface area contributed by atoms with Crippen molar-refractivity contribution in [2.75, 3.05) is 32.2 Å². The molecule has 1 aliphatic heterocycles. The average Bonchev–Trinajstić information content (AvgIpc) is 3.53. The molecule has 3 aromatic rings. The van der Waals surface area contributed by atoms with Crippen molar-refractivity contribution in [1.29, 1.82) is 0 Å². The molecule has 0 radical (unpaired) electrons. The van der Waals surface area contributed by atoms with Crippen molar-refractivity contribution in [1.82, 2.24) is 35.2 Å². The van der Waals surface area contributed by atoms with E-state index < -0.39 is 5.97 Å². The molecule has 2 aromatic heterocycles. The molecule has 2 atom stereocenters. The Hall–Kier alpha value is -3.54. The maximum absolute atomic E-state index is 11.7. The Morgan fingerprint density at radius 3 is 2.76 bits per heavy atom. The predicted octanol–water partition coefficient (Wildman–Crippen LogP) is 2.07. The zero-order valence-electron chi connectivity index (χ0n) is 19.9. The van der Waals surface area contributed by atoms with Crippen LogP contribution in [0.1, 0.15) is 54.9 Å². The minimum Gasteiger partial charge on any atom is -0.496 e. The third-order valence-electron chi connectivity index (χ3n) is 5.73. The quantitative estimate of drug-likeness (QED) is 0.429. The summed E-state index contributed by atoms with van der Waals surface area (Å²) >= 11 is 0. The van der Waals surface area contributed by atoms with Crippen LogP contribution >= 0.6 is 0 Å². The first-order valence-electron chi connectivity index (χ1n) is 11.3. The molecule has 0 saturated carbocycles. The van der Waals surface area contributed by atoms with Crippen LogP contribution in [0.15, 0.2) is 30.5 Å². The number of ether oxygens (including phenoxy) is 3. The summed E-state index contributed by atoms with van der Waals surface area (Å²) in [5, 5.41) is 20.6. The minimum absolute atomic E-state index is 0.00512. The number of rotatable bonds is 9. The number of tetrazole rings is 1. The van der Waals surface area contributed by atoms with E-state index in [4.69, 9.17) is 14.2 Å². The van der Waals surface area contributed by atoms with Gasteiger partial charge in [0.05, 0.1) is 39.1 Å². The van der Waals surface area contributed by atoms with Crippen LogP contribution in [-0.4, -0.2) is 74.6 Å². The molecule has 0 amide bonds. The summed E-state index contributed by atoms with van der Waals surface area (Å²) in [7, 11) is 2.97. The van der Waals surface area contributed by atoms with Crippen molar-refractivity contribution in [3.63, 3.8) is 0 Å². The van der Waals surface area contributed by atoms with Gasteiger partial charge in [-0.25, -0.2) is 14.2 Å². The maximum atomic E-state index is 11.7. The van der Waals surface area contributed by atoms with Gasteiger partial charge >= 0.3 is 5.97 Å². The number of carbonyl (C=O) groups excluding carboxylic acids is 1. The molecule has 3 heterocycles. The molecule has 12 nitrogen and oxygen atoms in total. The van der Waals surface area contributed by atoms with Crippen LogP contribution < -0.4 is 9.64 Å². The molecule has 4 rings (SSSR count). The Morgan fingerprint density at radius 1 is 1.18 bits per heavy atom. The highest BCUT2D eigenvalue weighted by Crippen LogP contribution is 2.31. The van der Waals surface area contributed by atoms with Gasteiger partial charge in [-0.1, -0.05) is 28.5 Å². The maximum Gasteiger partial charge on any atom is 0.360 e. The number of esters is 1. The number of hydrogen-bond donors (Lipinski definition) is 0. The smallest absolute Gasteiger partial charge is 0.360 e. The Labute approximate surface area is 197 Å². The summed E-state index contributed by atoms with van der Waals surface area (Å²) in [6.45, 7) is 5.87. The van der Waals surface area contributed by atoms with Crippen LogP contribution in [0.5, 0.6) is 5.75 Å². The number of aromatic nitrogens is 7. The number of methoxy groups -OCH3 is 2. The fourth-order valence-electron chi connectivity index (χ4n) is 4.18. The van der Waals surface area contributed by atoms with Crippen LogP contribution in [0.2, 0.25) is 0 Å². The van der Waals surface area contributed by atoms with E-state index in [-0.39, 0.29) is 23.9 Å². The lowest BCUT2D eigenvalue weighted by atomic mass is 10.1. The van der Waals surface area contributed by atoms with Crippen LogP contribution in [-0.2, 0) is 16.0 Å². The predicted molar refractivity (Wildman–Crippen MR) is 122 cm³/mol. The van der Waals surface area contributed by atoms with Crippen molar-refractivity contribution < 1.29 is 19.0 Å². The first kappa shape index (κ1) is 23.6. The molecule has 0 bridgehead atoms. The van der Waals surface area contributed by atoms with Gasteiger partial charge in [0.2, 0.25) is 5.95 Å². The van der Waals surface area contributed by atoms with Gasteiger partial charge in [-0.15, -0.1) is 5.10 Å². The summed E-state index contributed by atoms with van der Waals surface area (Å²) < 4.78 is 20.0. The van der Waals surface area contributed by atoms with Crippen LogP contribution in [0.3, 0.4) is 0 Å². The Kier molecular flexibility index (Phi) is 7.36. The molecule has 12 heteroatoms. The first-order valence-corrected chi connectivity index (χ1v) is 11.3. The molecule has 0 N–H and O–H groups in total. The van der Waals surface area contributed by atoms with E-state index in [2.05, 4.69) is 30.7 Å². The van der Waals surface area contributed by atoms with Gasteiger partial charge in [-0.05, 0) is 43.2 Å². The lowest BCUT2D eigenvalue weighted by Crippen LogP contribution is -2.38. The van der Waals surface area contributed by atoms with E-state index in [9.17, 15) is 4.79 Å². The fourth-order valence-corrected chi connectivity index (χ4v) is 4.18. The third-order valence-corrected chi connectivity index (χ3v) is 5.73. The normalized spacial score (nSPS) is 17.1. The van der Waals surface area contributed by atoms with Gasteiger partial charge in [0.15, 0.2) is 5.69 Å². The van der Waals surface area contributed by atoms with Crippen LogP contribution in [0.25, 0.3) is 0 Å². The summed E-state index contributed by atoms with van der Waals surface area (Å²) in [4.78, 5) is 13.9. The number of para-hydroxylation sites is 1. The highest BCUT2D eigenvalue weighted by Gasteiger charge is 2.28. The van der Waals surface area contributed by atoms with E-state index in [0.717, 1.165) is 30.7 Å². The number of piperidine rings is 1.